The van der Waals surface area contributed by atoms with E-state index >= 15 is 0 Å². The molecule has 0 aromatic heterocycles. The van der Waals surface area contributed by atoms with Gasteiger partial charge in [-0.3, -0.25) is 4.79 Å². The normalized spacial score (nSPS) is 26.6. The van der Waals surface area contributed by atoms with Crippen LogP contribution >= 0.6 is 0 Å². The molecule has 0 radical (unpaired) electrons. The SMILES string of the molecule is O=C(COCCOc1ccccc1)NC1CC2CCC(C1)N2. The van der Waals surface area contributed by atoms with Crippen molar-refractivity contribution in [1.29, 1.82) is 0 Å². The van der Waals surface area contributed by atoms with Crippen LogP contribution in [0, 0.1) is 0 Å². The largest absolute Gasteiger partial charge is 0.491 e. The first-order chi connectivity index (χ1) is 10.8. The van der Waals surface area contributed by atoms with Gasteiger partial charge < -0.3 is 20.1 Å². The lowest BCUT2D eigenvalue weighted by atomic mass is 10.00. The lowest BCUT2D eigenvalue weighted by Gasteiger charge is -2.29. The third-order valence-corrected chi connectivity index (χ3v) is 4.31. The van der Waals surface area contributed by atoms with E-state index in [0.717, 1.165) is 18.6 Å². The highest BCUT2D eigenvalue weighted by Crippen LogP contribution is 2.26. The maximum Gasteiger partial charge on any atom is 0.246 e. The van der Waals surface area contributed by atoms with Crippen LogP contribution < -0.4 is 15.4 Å². The number of ether oxygens (including phenoxy) is 2. The van der Waals surface area contributed by atoms with E-state index in [2.05, 4.69) is 10.6 Å². The van der Waals surface area contributed by atoms with Crippen LogP contribution in [0.25, 0.3) is 0 Å². The quantitative estimate of drug-likeness (QED) is 0.749. The summed E-state index contributed by atoms with van der Waals surface area (Å²) in [6.45, 7) is 0.978. The standard InChI is InChI=1S/C17H24N2O3/c20-17(19-15-10-13-6-7-14(11-15)18-13)12-21-8-9-22-16-4-2-1-3-5-16/h1-5,13-15,18H,6-12H2,(H,19,20). The number of hydrogen-bond donors (Lipinski definition) is 2. The van der Waals surface area contributed by atoms with E-state index in [0.29, 0.717) is 31.3 Å². The number of rotatable bonds is 7. The van der Waals surface area contributed by atoms with E-state index in [1.54, 1.807) is 0 Å². The minimum Gasteiger partial charge on any atom is -0.491 e. The predicted octanol–water partition coefficient (Wildman–Crippen LogP) is 1.48. The summed E-state index contributed by atoms with van der Waals surface area (Å²) in [6, 6.07) is 11.1. The van der Waals surface area contributed by atoms with Crippen LogP contribution in [-0.2, 0) is 9.53 Å². The first-order valence-corrected chi connectivity index (χ1v) is 8.10. The molecule has 0 saturated carbocycles. The molecule has 0 aliphatic carbocycles. The number of fused-ring (bicyclic) bond motifs is 2. The Kier molecular flexibility index (Phi) is 5.29. The fraction of sp³-hybridized carbons (Fsp3) is 0.588. The number of piperidine rings is 1. The summed E-state index contributed by atoms with van der Waals surface area (Å²) < 4.78 is 10.9. The van der Waals surface area contributed by atoms with Crippen molar-refractivity contribution in [3.05, 3.63) is 30.3 Å². The number of carbonyl (C=O) groups excluding carboxylic acids is 1. The number of nitrogens with one attached hydrogen (secondary N) is 2. The Morgan fingerprint density at radius 2 is 1.86 bits per heavy atom. The van der Waals surface area contributed by atoms with E-state index in [1.165, 1.54) is 12.8 Å². The van der Waals surface area contributed by atoms with Gasteiger partial charge in [-0.05, 0) is 37.8 Å². The van der Waals surface area contributed by atoms with E-state index in [1.807, 2.05) is 30.3 Å². The molecule has 2 heterocycles. The summed E-state index contributed by atoms with van der Waals surface area (Å²) in [6.07, 6.45) is 4.56. The van der Waals surface area contributed by atoms with E-state index in [9.17, 15) is 4.79 Å². The fourth-order valence-electron chi connectivity index (χ4n) is 3.34. The maximum absolute atomic E-state index is 11.9. The van der Waals surface area contributed by atoms with Crippen molar-refractivity contribution in [1.82, 2.24) is 10.6 Å². The number of carbonyl (C=O) groups is 1. The topological polar surface area (TPSA) is 59.6 Å². The molecule has 22 heavy (non-hydrogen) atoms. The Balaban J connectivity index is 1.27. The summed E-state index contributed by atoms with van der Waals surface area (Å²) >= 11 is 0. The summed E-state index contributed by atoms with van der Waals surface area (Å²) in [4.78, 5) is 11.9. The molecule has 2 bridgehead atoms. The molecule has 2 aliphatic heterocycles. The van der Waals surface area contributed by atoms with Crippen LogP contribution in [0.4, 0.5) is 0 Å². The minimum absolute atomic E-state index is 0.0222. The molecule has 3 rings (SSSR count). The second kappa shape index (κ2) is 7.61. The van der Waals surface area contributed by atoms with E-state index < -0.39 is 0 Å². The molecule has 1 aromatic rings. The molecule has 2 unspecified atom stereocenters. The number of benzene rings is 1. The van der Waals surface area contributed by atoms with Gasteiger partial charge in [0, 0.05) is 18.1 Å². The molecule has 0 spiro atoms. The van der Waals surface area contributed by atoms with Crippen molar-refractivity contribution < 1.29 is 14.3 Å². The second-order valence-corrected chi connectivity index (χ2v) is 6.09. The average Bonchev–Trinajstić information content (AvgIpc) is 2.87. The minimum atomic E-state index is -0.0222. The Morgan fingerprint density at radius 1 is 1.14 bits per heavy atom. The molecule has 1 amide bonds. The molecular formula is C17H24N2O3. The smallest absolute Gasteiger partial charge is 0.246 e. The van der Waals surface area contributed by atoms with Crippen molar-refractivity contribution >= 4 is 5.91 Å². The van der Waals surface area contributed by atoms with Crippen LogP contribution in [0.1, 0.15) is 25.7 Å². The van der Waals surface area contributed by atoms with Gasteiger partial charge in [0.25, 0.3) is 0 Å². The second-order valence-electron chi connectivity index (χ2n) is 6.09. The molecule has 2 aliphatic rings. The highest BCUT2D eigenvalue weighted by molar-refractivity contribution is 5.77. The van der Waals surface area contributed by atoms with Gasteiger partial charge in [0.2, 0.25) is 5.91 Å². The first kappa shape index (κ1) is 15.3. The Morgan fingerprint density at radius 3 is 2.59 bits per heavy atom. The van der Waals surface area contributed by atoms with Crippen molar-refractivity contribution in [2.45, 2.75) is 43.8 Å². The van der Waals surface area contributed by atoms with Crippen LogP contribution in [0.15, 0.2) is 30.3 Å². The van der Waals surface area contributed by atoms with Crippen LogP contribution in [0.3, 0.4) is 0 Å². The predicted molar refractivity (Wildman–Crippen MR) is 83.9 cm³/mol. The average molecular weight is 304 g/mol. The Hall–Kier alpha value is -1.59. The molecular weight excluding hydrogens is 280 g/mol. The zero-order valence-electron chi connectivity index (χ0n) is 12.8. The monoisotopic (exact) mass is 304 g/mol. The lowest BCUT2D eigenvalue weighted by molar-refractivity contribution is -0.126. The molecule has 5 nitrogen and oxygen atoms in total. The van der Waals surface area contributed by atoms with Crippen molar-refractivity contribution in [3.63, 3.8) is 0 Å². The molecule has 2 saturated heterocycles. The van der Waals surface area contributed by atoms with E-state index in [-0.39, 0.29) is 12.5 Å². The molecule has 120 valence electrons. The molecule has 5 heteroatoms. The molecule has 1 aromatic carbocycles. The zero-order chi connectivity index (χ0) is 15.2. The Bertz CT molecular complexity index is 468. The van der Waals surface area contributed by atoms with Crippen LogP contribution in [-0.4, -0.2) is 43.9 Å². The van der Waals surface area contributed by atoms with Gasteiger partial charge in [-0.15, -0.1) is 0 Å². The van der Waals surface area contributed by atoms with Crippen LogP contribution in [0.5, 0.6) is 5.75 Å². The number of hydrogen-bond acceptors (Lipinski definition) is 4. The van der Waals surface area contributed by atoms with E-state index in [4.69, 9.17) is 9.47 Å². The molecule has 2 fully saturated rings. The number of amides is 1. The third kappa shape index (κ3) is 4.45. The van der Waals surface area contributed by atoms with Crippen molar-refractivity contribution in [2.75, 3.05) is 19.8 Å². The summed E-state index contributed by atoms with van der Waals surface area (Å²) in [5.41, 5.74) is 0. The summed E-state index contributed by atoms with van der Waals surface area (Å²) in [5, 5.41) is 6.65. The molecule has 2 N–H and O–H groups in total. The Labute approximate surface area is 131 Å². The van der Waals surface area contributed by atoms with Gasteiger partial charge in [-0.2, -0.15) is 0 Å². The van der Waals surface area contributed by atoms with Crippen molar-refractivity contribution in [3.8, 4) is 5.75 Å². The van der Waals surface area contributed by atoms with Crippen molar-refractivity contribution in [2.24, 2.45) is 0 Å². The van der Waals surface area contributed by atoms with Crippen LogP contribution in [0.2, 0.25) is 0 Å². The van der Waals surface area contributed by atoms with Gasteiger partial charge in [-0.25, -0.2) is 0 Å². The highest BCUT2D eigenvalue weighted by Gasteiger charge is 2.33. The highest BCUT2D eigenvalue weighted by atomic mass is 16.5. The summed E-state index contributed by atoms with van der Waals surface area (Å²) in [5.74, 6) is 0.798. The lowest BCUT2D eigenvalue weighted by Crippen LogP contribution is -2.48. The van der Waals surface area contributed by atoms with Gasteiger partial charge >= 0.3 is 0 Å². The zero-order valence-corrected chi connectivity index (χ0v) is 12.8. The van der Waals surface area contributed by atoms with Gasteiger partial charge in [0.15, 0.2) is 0 Å². The summed E-state index contributed by atoms with van der Waals surface area (Å²) in [7, 11) is 0. The fourth-order valence-corrected chi connectivity index (χ4v) is 3.34. The van der Waals surface area contributed by atoms with Gasteiger partial charge in [0.1, 0.15) is 19.0 Å². The first-order valence-electron chi connectivity index (χ1n) is 8.10. The number of para-hydroxylation sites is 1. The van der Waals surface area contributed by atoms with Gasteiger partial charge in [-0.1, -0.05) is 18.2 Å². The van der Waals surface area contributed by atoms with Gasteiger partial charge in [0.05, 0.1) is 6.61 Å². The third-order valence-electron chi connectivity index (χ3n) is 4.31. The molecule has 2 atom stereocenters. The maximum atomic E-state index is 11.9.